The van der Waals surface area contributed by atoms with E-state index in [0.717, 1.165) is 18.7 Å². The fraction of sp³-hybridized carbons (Fsp3) is 0.588. The summed E-state index contributed by atoms with van der Waals surface area (Å²) in [6, 6.07) is 6.26. The minimum atomic E-state index is 0.0589. The molecule has 3 heteroatoms. The number of hydrogen-bond donors (Lipinski definition) is 2. The molecule has 0 saturated heterocycles. The van der Waals surface area contributed by atoms with Crippen LogP contribution in [0.25, 0.3) is 0 Å². The average molecular weight is 276 g/mol. The Morgan fingerprint density at radius 3 is 2.50 bits per heavy atom. The lowest BCUT2D eigenvalue weighted by molar-refractivity contribution is -0.119. The average Bonchev–Trinajstić information content (AvgIpc) is 2.36. The Morgan fingerprint density at radius 1 is 1.20 bits per heavy atom. The van der Waals surface area contributed by atoms with Crippen LogP contribution in [-0.2, 0) is 4.79 Å². The van der Waals surface area contributed by atoms with E-state index in [9.17, 15) is 4.79 Å². The van der Waals surface area contributed by atoms with E-state index in [1.165, 1.54) is 11.1 Å². The minimum Gasteiger partial charge on any atom is -0.376 e. The molecule has 0 aliphatic carbocycles. The Bertz CT molecular complexity index is 439. The number of aryl methyl sites for hydroxylation is 1. The quantitative estimate of drug-likeness (QED) is 0.797. The van der Waals surface area contributed by atoms with E-state index in [1.807, 2.05) is 0 Å². The first kappa shape index (κ1) is 16.5. The van der Waals surface area contributed by atoms with Gasteiger partial charge in [-0.1, -0.05) is 45.9 Å². The summed E-state index contributed by atoms with van der Waals surface area (Å²) in [5, 5.41) is 6.24. The zero-order valence-corrected chi connectivity index (χ0v) is 13.4. The summed E-state index contributed by atoms with van der Waals surface area (Å²) >= 11 is 0. The van der Waals surface area contributed by atoms with E-state index >= 15 is 0 Å². The molecule has 1 aromatic carbocycles. The maximum Gasteiger partial charge on any atom is 0.239 e. The number of carbonyl (C=O) groups excluding carboxylic acids is 1. The van der Waals surface area contributed by atoms with Crippen molar-refractivity contribution in [3.05, 3.63) is 29.3 Å². The highest BCUT2D eigenvalue weighted by molar-refractivity contribution is 5.81. The molecule has 0 saturated carbocycles. The van der Waals surface area contributed by atoms with Gasteiger partial charge in [0.15, 0.2) is 0 Å². The van der Waals surface area contributed by atoms with Crippen molar-refractivity contribution in [3.8, 4) is 0 Å². The molecule has 20 heavy (non-hydrogen) atoms. The van der Waals surface area contributed by atoms with Gasteiger partial charge in [0.05, 0.1) is 6.54 Å². The van der Waals surface area contributed by atoms with Crippen molar-refractivity contribution in [1.82, 2.24) is 5.32 Å². The summed E-state index contributed by atoms with van der Waals surface area (Å²) < 4.78 is 0. The molecule has 0 bridgehead atoms. The molecule has 0 aliphatic heterocycles. The zero-order valence-electron chi connectivity index (χ0n) is 13.4. The van der Waals surface area contributed by atoms with E-state index in [2.05, 4.69) is 63.5 Å². The lowest BCUT2D eigenvalue weighted by atomic mass is 9.98. The van der Waals surface area contributed by atoms with Crippen LogP contribution in [0.2, 0.25) is 0 Å². The summed E-state index contributed by atoms with van der Waals surface area (Å²) in [4.78, 5) is 11.8. The SMILES string of the molecule is Cc1cccc(C(C)C)c1NCC(=O)NCCC(C)C. The fourth-order valence-electron chi connectivity index (χ4n) is 2.14. The van der Waals surface area contributed by atoms with Crippen molar-refractivity contribution in [2.45, 2.75) is 47.0 Å². The Balaban J connectivity index is 2.55. The van der Waals surface area contributed by atoms with Crippen LogP contribution >= 0.6 is 0 Å². The van der Waals surface area contributed by atoms with Gasteiger partial charge in [-0.3, -0.25) is 4.79 Å². The minimum absolute atomic E-state index is 0.0589. The van der Waals surface area contributed by atoms with Crippen LogP contribution in [0.4, 0.5) is 5.69 Å². The number of anilines is 1. The number of rotatable bonds is 7. The first-order valence-electron chi connectivity index (χ1n) is 7.52. The molecule has 3 nitrogen and oxygen atoms in total. The molecule has 2 N–H and O–H groups in total. The van der Waals surface area contributed by atoms with Gasteiger partial charge in [0.25, 0.3) is 0 Å². The van der Waals surface area contributed by atoms with Crippen molar-refractivity contribution in [2.75, 3.05) is 18.4 Å². The third-order valence-electron chi connectivity index (χ3n) is 3.40. The molecule has 1 amide bonds. The third kappa shape index (κ3) is 5.24. The fourth-order valence-corrected chi connectivity index (χ4v) is 2.14. The van der Waals surface area contributed by atoms with E-state index in [0.29, 0.717) is 18.4 Å². The number of para-hydroxylation sites is 1. The van der Waals surface area contributed by atoms with Crippen LogP contribution in [0.15, 0.2) is 18.2 Å². The molecule has 0 unspecified atom stereocenters. The molecule has 0 aromatic heterocycles. The third-order valence-corrected chi connectivity index (χ3v) is 3.40. The van der Waals surface area contributed by atoms with Crippen LogP contribution in [0.1, 0.15) is 51.2 Å². The summed E-state index contributed by atoms with van der Waals surface area (Å²) in [6.07, 6.45) is 1.02. The zero-order chi connectivity index (χ0) is 15.1. The van der Waals surface area contributed by atoms with E-state index in [-0.39, 0.29) is 5.91 Å². The van der Waals surface area contributed by atoms with Gasteiger partial charge in [0, 0.05) is 12.2 Å². The van der Waals surface area contributed by atoms with Gasteiger partial charge in [-0.15, -0.1) is 0 Å². The van der Waals surface area contributed by atoms with Crippen LogP contribution in [0, 0.1) is 12.8 Å². The first-order valence-corrected chi connectivity index (χ1v) is 7.52. The van der Waals surface area contributed by atoms with Gasteiger partial charge in [-0.2, -0.15) is 0 Å². The monoisotopic (exact) mass is 276 g/mol. The number of carbonyl (C=O) groups is 1. The number of nitrogens with one attached hydrogen (secondary N) is 2. The van der Waals surface area contributed by atoms with E-state index < -0.39 is 0 Å². The predicted octanol–water partition coefficient (Wildman–Crippen LogP) is 3.69. The van der Waals surface area contributed by atoms with Crippen LogP contribution in [0.3, 0.4) is 0 Å². The van der Waals surface area contributed by atoms with Crippen molar-refractivity contribution in [2.24, 2.45) is 5.92 Å². The summed E-state index contributed by atoms with van der Waals surface area (Å²) in [5.41, 5.74) is 3.55. The highest BCUT2D eigenvalue weighted by atomic mass is 16.1. The van der Waals surface area contributed by atoms with Crippen molar-refractivity contribution in [3.63, 3.8) is 0 Å². The molecule has 0 heterocycles. The molecule has 0 aliphatic rings. The lowest BCUT2D eigenvalue weighted by Gasteiger charge is -2.17. The normalized spacial score (nSPS) is 10.9. The highest BCUT2D eigenvalue weighted by Gasteiger charge is 2.10. The van der Waals surface area contributed by atoms with Gasteiger partial charge in [0.1, 0.15) is 0 Å². The van der Waals surface area contributed by atoms with Crippen molar-refractivity contribution >= 4 is 11.6 Å². The molecule has 0 spiro atoms. The number of benzene rings is 1. The summed E-state index contributed by atoms with van der Waals surface area (Å²) in [7, 11) is 0. The van der Waals surface area contributed by atoms with Gasteiger partial charge in [-0.25, -0.2) is 0 Å². The highest BCUT2D eigenvalue weighted by Crippen LogP contribution is 2.27. The molecule has 112 valence electrons. The van der Waals surface area contributed by atoms with Crippen LogP contribution in [0.5, 0.6) is 0 Å². The van der Waals surface area contributed by atoms with E-state index in [1.54, 1.807) is 0 Å². The molecule has 1 rings (SSSR count). The van der Waals surface area contributed by atoms with Gasteiger partial charge in [-0.05, 0) is 36.3 Å². The topological polar surface area (TPSA) is 41.1 Å². The van der Waals surface area contributed by atoms with Crippen LogP contribution in [-0.4, -0.2) is 19.0 Å². The molecule has 0 fully saturated rings. The lowest BCUT2D eigenvalue weighted by Crippen LogP contribution is -2.31. The summed E-state index contributed by atoms with van der Waals surface area (Å²) in [6.45, 7) is 11.8. The number of hydrogen-bond acceptors (Lipinski definition) is 2. The molecular weight excluding hydrogens is 248 g/mol. The number of amides is 1. The Kier molecular flexibility index (Phi) is 6.56. The van der Waals surface area contributed by atoms with Gasteiger partial charge in [0.2, 0.25) is 5.91 Å². The largest absolute Gasteiger partial charge is 0.376 e. The second kappa shape index (κ2) is 7.93. The molecule has 1 aromatic rings. The smallest absolute Gasteiger partial charge is 0.239 e. The Labute approximate surface area is 123 Å². The predicted molar refractivity (Wildman–Crippen MR) is 86.2 cm³/mol. The van der Waals surface area contributed by atoms with Gasteiger partial charge >= 0.3 is 0 Å². The standard InChI is InChI=1S/C17H28N2O/c1-12(2)9-10-18-16(20)11-19-17-14(5)7-6-8-15(17)13(3)4/h6-8,12-13,19H,9-11H2,1-5H3,(H,18,20). The first-order chi connectivity index (χ1) is 9.41. The maximum absolute atomic E-state index is 11.8. The van der Waals surface area contributed by atoms with Gasteiger partial charge < -0.3 is 10.6 Å². The van der Waals surface area contributed by atoms with Crippen molar-refractivity contribution in [1.29, 1.82) is 0 Å². The second-order valence-electron chi connectivity index (χ2n) is 6.08. The molecule has 0 atom stereocenters. The maximum atomic E-state index is 11.8. The van der Waals surface area contributed by atoms with Crippen molar-refractivity contribution < 1.29 is 4.79 Å². The van der Waals surface area contributed by atoms with Crippen LogP contribution < -0.4 is 10.6 Å². The molecule has 0 radical (unpaired) electrons. The Morgan fingerprint density at radius 2 is 1.90 bits per heavy atom. The van der Waals surface area contributed by atoms with E-state index in [4.69, 9.17) is 0 Å². The summed E-state index contributed by atoms with van der Waals surface area (Å²) in [5.74, 6) is 1.12. The second-order valence-corrected chi connectivity index (χ2v) is 6.08. The Hall–Kier alpha value is -1.51. The molecular formula is C17H28N2O.